The van der Waals surface area contributed by atoms with E-state index in [1.165, 1.54) is 0 Å². The highest BCUT2D eigenvalue weighted by atomic mass is 16.2. The van der Waals surface area contributed by atoms with E-state index >= 15 is 0 Å². The van der Waals surface area contributed by atoms with Gasteiger partial charge >= 0.3 is 0 Å². The fraction of sp³-hybridized carbons (Fsp3) is 0.583. The van der Waals surface area contributed by atoms with Gasteiger partial charge in [0.15, 0.2) is 5.82 Å². The molecule has 0 fully saturated rings. The van der Waals surface area contributed by atoms with Crippen LogP contribution in [0.2, 0.25) is 0 Å². The quantitative estimate of drug-likeness (QED) is 0.725. The first-order valence-corrected chi connectivity index (χ1v) is 6.34. The van der Waals surface area contributed by atoms with Gasteiger partial charge in [-0.15, -0.1) is 10.2 Å². The van der Waals surface area contributed by atoms with Gasteiger partial charge in [0.2, 0.25) is 5.65 Å². The predicted octanol–water partition coefficient (Wildman–Crippen LogP) is 1.40. The SMILES string of the molecule is Cc1nnc2c(NCCCCCCO)nccn12. The van der Waals surface area contributed by atoms with Crippen LogP contribution in [0.3, 0.4) is 0 Å². The maximum absolute atomic E-state index is 8.68. The average molecular weight is 249 g/mol. The summed E-state index contributed by atoms with van der Waals surface area (Å²) in [6.45, 7) is 3.07. The summed E-state index contributed by atoms with van der Waals surface area (Å²) in [6, 6.07) is 0. The zero-order valence-corrected chi connectivity index (χ0v) is 10.6. The molecule has 6 heteroatoms. The second-order valence-corrected chi connectivity index (χ2v) is 4.28. The molecular formula is C12H19N5O. The van der Waals surface area contributed by atoms with Crippen LogP contribution >= 0.6 is 0 Å². The molecule has 0 unspecified atom stereocenters. The van der Waals surface area contributed by atoms with Crippen molar-refractivity contribution in [1.29, 1.82) is 0 Å². The molecule has 2 aromatic rings. The third-order valence-electron chi connectivity index (χ3n) is 2.87. The Hall–Kier alpha value is -1.69. The number of nitrogens with one attached hydrogen (secondary N) is 1. The van der Waals surface area contributed by atoms with Crippen molar-refractivity contribution in [2.75, 3.05) is 18.5 Å². The summed E-state index contributed by atoms with van der Waals surface area (Å²) in [5.41, 5.74) is 0.769. The molecule has 0 atom stereocenters. The van der Waals surface area contributed by atoms with Crippen LogP contribution in [0, 0.1) is 6.92 Å². The molecule has 0 aliphatic rings. The van der Waals surface area contributed by atoms with Gasteiger partial charge in [-0.3, -0.25) is 4.40 Å². The molecule has 2 rings (SSSR count). The number of aliphatic hydroxyl groups is 1. The second-order valence-electron chi connectivity index (χ2n) is 4.28. The van der Waals surface area contributed by atoms with Gasteiger partial charge in [-0.25, -0.2) is 4.98 Å². The average Bonchev–Trinajstić information content (AvgIpc) is 2.77. The number of hydrogen-bond donors (Lipinski definition) is 2. The fourth-order valence-electron chi connectivity index (χ4n) is 1.86. The predicted molar refractivity (Wildman–Crippen MR) is 69.6 cm³/mol. The van der Waals surface area contributed by atoms with Crippen LogP contribution in [0.1, 0.15) is 31.5 Å². The smallest absolute Gasteiger partial charge is 0.203 e. The Bertz CT molecular complexity index is 496. The normalized spacial score (nSPS) is 11.0. The number of hydrogen-bond acceptors (Lipinski definition) is 5. The van der Waals surface area contributed by atoms with E-state index in [1.807, 2.05) is 17.5 Å². The highest BCUT2D eigenvalue weighted by Gasteiger charge is 2.06. The number of rotatable bonds is 7. The second kappa shape index (κ2) is 6.30. The standard InChI is InChI=1S/C12H19N5O/c1-10-15-16-12-11(14-7-8-17(10)12)13-6-4-2-3-5-9-18/h7-8,18H,2-6,9H2,1H3,(H,13,14). The summed E-state index contributed by atoms with van der Waals surface area (Å²) in [4.78, 5) is 4.28. The third kappa shape index (κ3) is 2.95. The molecule has 0 amide bonds. The van der Waals surface area contributed by atoms with E-state index in [-0.39, 0.29) is 6.61 Å². The zero-order chi connectivity index (χ0) is 12.8. The minimum atomic E-state index is 0.285. The number of nitrogens with zero attached hydrogens (tertiary/aromatic N) is 4. The van der Waals surface area contributed by atoms with Gasteiger partial charge in [0.25, 0.3) is 0 Å². The van der Waals surface area contributed by atoms with E-state index in [1.54, 1.807) is 6.20 Å². The van der Waals surface area contributed by atoms with Gasteiger partial charge in [-0.2, -0.15) is 0 Å². The number of aryl methyl sites for hydroxylation is 1. The molecule has 0 saturated heterocycles. The summed E-state index contributed by atoms with van der Waals surface area (Å²) in [5.74, 6) is 1.64. The minimum absolute atomic E-state index is 0.285. The zero-order valence-electron chi connectivity index (χ0n) is 10.6. The molecule has 0 radical (unpaired) electrons. The lowest BCUT2D eigenvalue weighted by atomic mass is 10.2. The number of unbranched alkanes of at least 4 members (excludes halogenated alkanes) is 3. The van der Waals surface area contributed by atoms with Crippen LogP contribution in [-0.2, 0) is 0 Å². The number of aliphatic hydroxyl groups excluding tert-OH is 1. The summed E-state index contributed by atoms with van der Waals surface area (Å²) in [5, 5.41) is 20.1. The monoisotopic (exact) mass is 249 g/mol. The van der Waals surface area contributed by atoms with E-state index in [0.29, 0.717) is 0 Å². The van der Waals surface area contributed by atoms with Gasteiger partial charge in [-0.05, 0) is 19.8 Å². The Balaban J connectivity index is 1.88. The maximum Gasteiger partial charge on any atom is 0.203 e. The van der Waals surface area contributed by atoms with Crippen molar-refractivity contribution < 1.29 is 5.11 Å². The molecule has 2 heterocycles. The Morgan fingerprint density at radius 3 is 2.89 bits per heavy atom. The van der Waals surface area contributed by atoms with E-state index in [0.717, 1.165) is 49.5 Å². The van der Waals surface area contributed by atoms with Crippen LogP contribution in [-0.4, -0.2) is 37.8 Å². The molecule has 0 saturated carbocycles. The molecule has 6 nitrogen and oxygen atoms in total. The fourth-order valence-corrected chi connectivity index (χ4v) is 1.86. The van der Waals surface area contributed by atoms with Crippen LogP contribution in [0.5, 0.6) is 0 Å². The number of fused-ring (bicyclic) bond motifs is 1. The Morgan fingerprint density at radius 1 is 1.22 bits per heavy atom. The van der Waals surface area contributed by atoms with E-state index in [9.17, 15) is 0 Å². The molecule has 2 N–H and O–H groups in total. The van der Waals surface area contributed by atoms with Crippen LogP contribution in [0.4, 0.5) is 5.82 Å². The minimum Gasteiger partial charge on any atom is -0.396 e. The highest BCUT2D eigenvalue weighted by molar-refractivity contribution is 5.61. The van der Waals surface area contributed by atoms with Crippen molar-refractivity contribution in [2.45, 2.75) is 32.6 Å². The molecule has 18 heavy (non-hydrogen) atoms. The van der Waals surface area contributed by atoms with Crippen LogP contribution in [0.15, 0.2) is 12.4 Å². The Morgan fingerprint density at radius 2 is 2.06 bits per heavy atom. The van der Waals surface area contributed by atoms with Crippen molar-refractivity contribution >= 4 is 11.5 Å². The molecule has 0 aromatic carbocycles. The first-order valence-electron chi connectivity index (χ1n) is 6.34. The topological polar surface area (TPSA) is 75.3 Å². The van der Waals surface area contributed by atoms with Crippen molar-refractivity contribution in [1.82, 2.24) is 19.6 Å². The maximum atomic E-state index is 8.68. The van der Waals surface area contributed by atoms with Crippen molar-refractivity contribution in [3.63, 3.8) is 0 Å². The van der Waals surface area contributed by atoms with Crippen LogP contribution in [0.25, 0.3) is 5.65 Å². The molecule has 0 bridgehead atoms. The summed E-state index contributed by atoms with van der Waals surface area (Å²) < 4.78 is 1.92. The highest BCUT2D eigenvalue weighted by Crippen LogP contribution is 2.12. The van der Waals surface area contributed by atoms with Gasteiger partial charge < -0.3 is 10.4 Å². The largest absolute Gasteiger partial charge is 0.396 e. The van der Waals surface area contributed by atoms with E-state index < -0.39 is 0 Å². The van der Waals surface area contributed by atoms with Gasteiger partial charge in [0, 0.05) is 25.5 Å². The van der Waals surface area contributed by atoms with Crippen LogP contribution < -0.4 is 5.32 Å². The van der Waals surface area contributed by atoms with Crippen molar-refractivity contribution in [3.05, 3.63) is 18.2 Å². The Kier molecular flexibility index (Phi) is 4.46. The van der Waals surface area contributed by atoms with Crippen molar-refractivity contribution in [3.8, 4) is 0 Å². The molecule has 0 spiro atoms. The van der Waals surface area contributed by atoms with E-state index in [2.05, 4.69) is 20.5 Å². The first kappa shape index (κ1) is 12.8. The number of anilines is 1. The van der Waals surface area contributed by atoms with Gasteiger partial charge in [0.05, 0.1) is 0 Å². The summed E-state index contributed by atoms with van der Waals surface area (Å²) in [7, 11) is 0. The molecule has 2 aromatic heterocycles. The van der Waals surface area contributed by atoms with Gasteiger partial charge in [0.1, 0.15) is 5.82 Å². The lowest BCUT2D eigenvalue weighted by Gasteiger charge is -2.06. The first-order chi connectivity index (χ1) is 8.83. The lowest BCUT2D eigenvalue weighted by Crippen LogP contribution is -2.05. The molecule has 98 valence electrons. The third-order valence-corrected chi connectivity index (χ3v) is 2.87. The van der Waals surface area contributed by atoms with Gasteiger partial charge in [-0.1, -0.05) is 12.8 Å². The van der Waals surface area contributed by atoms with E-state index in [4.69, 9.17) is 5.11 Å². The summed E-state index contributed by atoms with van der Waals surface area (Å²) >= 11 is 0. The molecular weight excluding hydrogens is 230 g/mol. The Labute approximate surface area is 106 Å². The summed E-state index contributed by atoms with van der Waals surface area (Å²) in [6.07, 6.45) is 7.74. The lowest BCUT2D eigenvalue weighted by molar-refractivity contribution is 0.283. The molecule has 0 aliphatic heterocycles. The molecule has 0 aliphatic carbocycles. The number of aromatic nitrogens is 4. The van der Waals surface area contributed by atoms with Crippen molar-refractivity contribution in [2.24, 2.45) is 0 Å².